The lowest BCUT2D eigenvalue weighted by atomic mass is 9.93. The monoisotopic (exact) mass is 415 g/mol. The molecule has 1 aromatic carbocycles. The van der Waals surface area contributed by atoms with Gasteiger partial charge in [-0.3, -0.25) is 14.4 Å². The highest BCUT2D eigenvalue weighted by Gasteiger charge is 2.25. The van der Waals surface area contributed by atoms with E-state index in [2.05, 4.69) is 36.5 Å². The summed E-state index contributed by atoms with van der Waals surface area (Å²) in [6, 6.07) is 8.48. The summed E-state index contributed by atoms with van der Waals surface area (Å²) in [4.78, 5) is 38.6. The van der Waals surface area contributed by atoms with E-state index >= 15 is 0 Å². The number of nitrogens with zero attached hydrogens (tertiary/aromatic N) is 1. The predicted octanol–water partition coefficient (Wildman–Crippen LogP) is 3.35. The number of hydrogen-bond acceptors (Lipinski definition) is 3. The molecular formula is C24H37N3O3. The Morgan fingerprint density at radius 2 is 1.97 bits per heavy atom. The van der Waals surface area contributed by atoms with E-state index in [1.807, 2.05) is 18.7 Å². The third-order valence-electron chi connectivity index (χ3n) is 5.50. The van der Waals surface area contributed by atoms with Gasteiger partial charge >= 0.3 is 0 Å². The molecule has 1 aliphatic rings. The summed E-state index contributed by atoms with van der Waals surface area (Å²) in [7, 11) is 0. The van der Waals surface area contributed by atoms with E-state index < -0.39 is 11.8 Å². The van der Waals surface area contributed by atoms with Gasteiger partial charge in [-0.2, -0.15) is 0 Å². The van der Waals surface area contributed by atoms with Gasteiger partial charge in [-0.05, 0) is 48.6 Å². The van der Waals surface area contributed by atoms with Crippen molar-refractivity contribution in [2.45, 2.75) is 71.8 Å². The third kappa shape index (κ3) is 8.17. The highest BCUT2D eigenvalue weighted by atomic mass is 16.2. The first-order chi connectivity index (χ1) is 14.3. The maximum Gasteiger partial charge on any atom is 0.242 e. The lowest BCUT2D eigenvalue weighted by Gasteiger charge is -2.24. The molecule has 1 aliphatic carbocycles. The largest absolute Gasteiger partial charge is 0.370 e. The fourth-order valence-corrected chi connectivity index (χ4v) is 3.74. The van der Waals surface area contributed by atoms with Gasteiger partial charge < -0.3 is 16.0 Å². The van der Waals surface area contributed by atoms with E-state index in [0.717, 1.165) is 18.4 Å². The van der Waals surface area contributed by atoms with E-state index in [1.165, 1.54) is 18.4 Å². The Hall–Kier alpha value is -2.37. The van der Waals surface area contributed by atoms with Crippen molar-refractivity contribution in [2.75, 3.05) is 13.1 Å². The van der Waals surface area contributed by atoms with Crippen LogP contribution in [0.2, 0.25) is 0 Å². The smallest absolute Gasteiger partial charge is 0.242 e. The second-order valence-corrected chi connectivity index (χ2v) is 8.90. The minimum atomic E-state index is -0.498. The normalized spacial score (nSPS) is 14.4. The summed E-state index contributed by atoms with van der Waals surface area (Å²) in [6.07, 6.45) is 4.97. The summed E-state index contributed by atoms with van der Waals surface area (Å²) in [5, 5.41) is 2.74. The first-order valence-electron chi connectivity index (χ1n) is 11.2. The van der Waals surface area contributed by atoms with Crippen LogP contribution in [0.1, 0.15) is 76.3 Å². The van der Waals surface area contributed by atoms with Gasteiger partial charge in [0.05, 0.1) is 6.54 Å². The molecule has 6 nitrogen and oxygen atoms in total. The number of nitrogens with two attached hydrogens (primary N) is 1. The molecule has 0 spiro atoms. The van der Waals surface area contributed by atoms with Gasteiger partial charge in [0.25, 0.3) is 0 Å². The zero-order chi connectivity index (χ0) is 22.1. The molecule has 30 heavy (non-hydrogen) atoms. The van der Waals surface area contributed by atoms with Crippen LogP contribution < -0.4 is 11.1 Å². The van der Waals surface area contributed by atoms with Crippen molar-refractivity contribution in [1.29, 1.82) is 0 Å². The Balaban J connectivity index is 1.97. The minimum absolute atomic E-state index is 0.00567. The molecule has 6 heteroatoms. The Morgan fingerprint density at radius 3 is 2.57 bits per heavy atom. The Bertz CT molecular complexity index is 728. The number of nitrogens with one attached hydrogen (secondary N) is 1. The van der Waals surface area contributed by atoms with Crippen LogP contribution in [0.3, 0.4) is 0 Å². The Kier molecular flexibility index (Phi) is 9.34. The topological polar surface area (TPSA) is 92.5 Å². The molecule has 1 atom stereocenters. The van der Waals surface area contributed by atoms with E-state index in [0.29, 0.717) is 25.4 Å². The van der Waals surface area contributed by atoms with Crippen molar-refractivity contribution in [3.63, 3.8) is 0 Å². The molecule has 0 aliphatic heterocycles. The van der Waals surface area contributed by atoms with Crippen LogP contribution in [0, 0.1) is 11.8 Å². The quantitative estimate of drug-likeness (QED) is 0.517. The van der Waals surface area contributed by atoms with Gasteiger partial charge in [-0.1, -0.05) is 51.5 Å². The average Bonchev–Trinajstić information content (AvgIpc) is 3.53. The number of hydrogen-bond donors (Lipinski definition) is 2. The minimum Gasteiger partial charge on any atom is -0.370 e. The van der Waals surface area contributed by atoms with Crippen LogP contribution in [0.25, 0.3) is 0 Å². The van der Waals surface area contributed by atoms with E-state index in [4.69, 9.17) is 5.73 Å². The van der Waals surface area contributed by atoms with Crippen molar-refractivity contribution in [3.05, 3.63) is 35.4 Å². The molecule has 0 unspecified atom stereocenters. The summed E-state index contributed by atoms with van der Waals surface area (Å²) < 4.78 is 0. The Morgan fingerprint density at radius 1 is 1.23 bits per heavy atom. The number of carbonyl (C=O) groups excluding carboxylic acids is 3. The van der Waals surface area contributed by atoms with Gasteiger partial charge in [0.15, 0.2) is 0 Å². The highest BCUT2D eigenvalue weighted by Crippen LogP contribution is 2.40. The van der Waals surface area contributed by atoms with Gasteiger partial charge in [0.1, 0.15) is 0 Å². The number of amides is 3. The first kappa shape index (κ1) is 23.9. The zero-order valence-corrected chi connectivity index (χ0v) is 18.7. The highest BCUT2D eigenvalue weighted by molar-refractivity contribution is 5.88. The molecule has 1 fully saturated rings. The van der Waals surface area contributed by atoms with Crippen molar-refractivity contribution >= 4 is 17.7 Å². The fraction of sp³-hybridized carbons (Fsp3) is 0.625. The molecule has 3 N–H and O–H groups in total. The molecule has 2 rings (SSSR count). The first-order valence-corrected chi connectivity index (χ1v) is 11.2. The lowest BCUT2D eigenvalue weighted by molar-refractivity contribution is -0.135. The SMILES string of the molecule is CCCCN(Cc1cccc(C2CC2)c1)C(=O)CNC(=O)[C@@H](CC(N)=O)CC(C)C. The van der Waals surface area contributed by atoms with Gasteiger partial charge in [0, 0.05) is 25.4 Å². The van der Waals surface area contributed by atoms with Crippen molar-refractivity contribution < 1.29 is 14.4 Å². The molecule has 1 aromatic rings. The summed E-state index contributed by atoms with van der Waals surface area (Å²) in [6.45, 7) is 7.24. The number of carbonyl (C=O) groups is 3. The lowest BCUT2D eigenvalue weighted by Crippen LogP contribution is -2.43. The van der Waals surface area contributed by atoms with Crippen LogP contribution >= 0.6 is 0 Å². The number of unbranched alkanes of at least 4 members (excludes halogenated alkanes) is 1. The van der Waals surface area contributed by atoms with Crippen LogP contribution in [0.15, 0.2) is 24.3 Å². The molecule has 0 bridgehead atoms. The van der Waals surface area contributed by atoms with Crippen LogP contribution in [0.5, 0.6) is 0 Å². The molecule has 166 valence electrons. The van der Waals surface area contributed by atoms with Crippen LogP contribution in [0.4, 0.5) is 0 Å². The Labute approximate surface area is 180 Å². The van der Waals surface area contributed by atoms with Crippen molar-refractivity contribution in [1.82, 2.24) is 10.2 Å². The zero-order valence-electron chi connectivity index (χ0n) is 18.7. The number of rotatable bonds is 13. The number of primary amides is 1. The van der Waals surface area contributed by atoms with E-state index in [9.17, 15) is 14.4 Å². The molecule has 0 saturated heterocycles. The summed E-state index contributed by atoms with van der Waals surface area (Å²) in [5.41, 5.74) is 7.78. The fourth-order valence-electron chi connectivity index (χ4n) is 3.74. The van der Waals surface area contributed by atoms with Crippen LogP contribution in [-0.2, 0) is 20.9 Å². The molecule has 0 radical (unpaired) electrons. The average molecular weight is 416 g/mol. The summed E-state index contributed by atoms with van der Waals surface area (Å²) in [5.74, 6) is -0.433. The maximum absolute atomic E-state index is 12.9. The molecule has 1 saturated carbocycles. The third-order valence-corrected chi connectivity index (χ3v) is 5.50. The number of benzene rings is 1. The molecule has 3 amide bonds. The van der Waals surface area contributed by atoms with Crippen molar-refractivity contribution in [3.8, 4) is 0 Å². The summed E-state index contributed by atoms with van der Waals surface area (Å²) >= 11 is 0. The molecular weight excluding hydrogens is 378 g/mol. The van der Waals surface area contributed by atoms with Crippen LogP contribution in [-0.4, -0.2) is 35.7 Å². The maximum atomic E-state index is 12.9. The predicted molar refractivity (Wildman–Crippen MR) is 119 cm³/mol. The van der Waals surface area contributed by atoms with Gasteiger partial charge in [-0.25, -0.2) is 0 Å². The second-order valence-electron chi connectivity index (χ2n) is 8.90. The molecule has 0 heterocycles. The van der Waals surface area contributed by atoms with E-state index in [1.54, 1.807) is 0 Å². The van der Waals surface area contributed by atoms with Gasteiger partial charge in [0.2, 0.25) is 17.7 Å². The van der Waals surface area contributed by atoms with Gasteiger partial charge in [-0.15, -0.1) is 0 Å². The van der Waals surface area contributed by atoms with Crippen molar-refractivity contribution in [2.24, 2.45) is 17.6 Å². The standard InChI is InChI=1S/C24H37N3O3/c1-4-5-11-27(16-18-7-6-8-20(13-18)19-9-10-19)23(29)15-26-24(30)21(12-17(2)3)14-22(25)28/h6-8,13,17,19,21H,4-5,9-12,14-16H2,1-3H3,(H2,25,28)(H,26,30)/t21-/m1/s1. The second kappa shape index (κ2) is 11.7. The van der Waals surface area contributed by atoms with E-state index in [-0.39, 0.29) is 30.7 Å². The molecule has 0 aromatic heterocycles.